The first-order valence-electron chi connectivity index (χ1n) is 7.22. The van der Waals surface area contributed by atoms with Crippen LogP contribution in [0.25, 0.3) is 0 Å². The van der Waals surface area contributed by atoms with Gasteiger partial charge in [0.1, 0.15) is 0 Å². The van der Waals surface area contributed by atoms with Crippen LogP contribution in [-0.4, -0.2) is 47.3 Å². The number of nitrogens with zero attached hydrogens (tertiary/aromatic N) is 2. The predicted molar refractivity (Wildman–Crippen MR) is 73.2 cm³/mol. The van der Waals surface area contributed by atoms with Gasteiger partial charge in [-0.3, -0.25) is 9.59 Å². The predicted octanol–water partition coefficient (Wildman–Crippen LogP) is 1.90. The van der Waals surface area contributed by atoms with E-state index in [0.29, 0.717) is 18.7 Å². The molecular weight excluding hydrogens is 256 g/mol. The fourth-order valence-electron chi connectivity index (χ4n) is 3.49. The molecule has 2 saturated heterocycles. The topological polar surface area (TPSA) is 53.8 Å². The molecule has 1 atom stereocenters. The van der Waals surface area contributed by atoms with Gasteiger partial charge in [-0.15, -0.1) is 0 Å². The van der Waals surface area contributed by atoms with Crippen LogP contribution >= 0.6 is 0 Å². The molecule has 3 rings (SSSR count). The normalized spacial score (nSPS) is 27.1. The van der Waals surface area contributed by atoms with Gasteiger partial charge < -0.3 is 14.2 Å². The summed E-state index contributed by atoms with van der Waals surface area (Å²) >= 11 is 0. The van der Waals surface area contributed by atoms with E-state index in [9.17, 15) is 9.59 Å². The molecule has 1 unspecified atom stereocenters. The third kappa shape index (κ3) is 2.11. The molecule has 0 radical (unpaired) electrons. The molecule has 0 N–H and O–H groups in total. The van der Waals surface area contributed by atoms with E-state index in [0.717, 1.165) is 32.2 Å². The first-order valence-corrected chi connectivity index (χ1v) is 7.22. The van der Waals surface area contributed by atoms with Gasteiger partial charge in [-0.05, 0) is 37.8 Å². The summed E-state index contributed by atoms with van der Waals surface area (Å²) in [6.07, 6.45) is 5.97. The van der Waals surface area contributed by atoms with E-state index in [1.54, 1.807) is 12.1 Å². The van der Waals surface area contributed by atoms with E-state index in [-0.39, 0.29) is 17.4 Å². The number of hydrogen-bond acceptors (Lipinski definition) is 3. The Labute approximate surface area is 118 Å². The molecular formula is C15H20N2O3. The maximum atomic E-state index is 12.4. The fourth-order valence-corrected chi connectivity index (χ4v) is 3.49. The van der Waals surface area contributed by atoms with Crippen molar-refractivity contribution in [3.63, 3.8) is 0 Å². The van der Waals surface area contributed by atoms with Crippen LogP contribution in [0, 0.1) is 0 Å². The van der Waals surface area contributed by atoms with Crippen LogP contribution < -0.4 is 0 Å². The highest BCUT2D eigenvalue weighted by molar-refractivity contribution is 5.91. The summed E-state index contributed by atoms with van der Waals surface area (Å²) in [4.78, 5) is 28.1. The number of likely N-dealkylation sites (tertiary alicyclic amines) is 2. The van der Waals surface area contributed by atoms with E-state index in [1.807, 2.05) is 16.8 Å². The Hall–Kier alpha value is -1.78. The zero-order chi connectivity index (χ0) is 14.2. The molecule has 0 aliphatic carbocycles. The highest BCUT2D eigenvalue weighted by atomic mass is 16.3. The van der Waals surface area contributed by atoms with Gasteiger partial charge in [0.2, 0.25) is 5.91 Å². The minimum absolute atomic E-state index is 0.0690. The Morgan fingerprint density at radius 2 is 2.15 bits per heavy atom. The number of furan rings is 1. The summed E-state index contributed by atoms with van der Waals surface area (Å²) in [6.45, 7) is 1.36. The lowest BCUT2D eigenvalue weighted by molar-refractivity contribution is -0.142. The number of hydrogen-bond donors (Lipinski definition) is 0. The lowest BCUT2D eigenvalue weighted by Gasteiger charge is -2.50. The van der Waals surface area contributed by atoms with Crippen LogP contribution in [0.2, 0.25) is 0 Å². The molecule has 1 spiro atoms. The van der Waals surface area contributed by atoms with E-state index in [4.69, 9.17) is 4.42 Å². The Balaban J connectivity index is 1.79. The molecule has 0 aromatic carbocycles. The standard InChI is InChI=1S/C15H20N2O3/c1-16-13(18)6-2-7-15(16)8-4-9-17(11-15)14(19)12-5-3-10-20-12/h3,5,10H,2,4,6-9,11H2,1H3. The highest BCUT2D eigenvalue weighted by Crippen LogP contribution is 2.36. The van der Waals surface area contributed by atoms with Crippen molar-refractivity contribution in [3.05, 3.63) is 24.2 Å². The zero-order valence-corrected chi connectivity index (χ0v) is 11.8. The van der Waals surface area contributed by atoms with Crippen LogP contribution in [0.4, 0.5) is 0 Å². The lowest BCUT2D eigenvalue weighted by Crippen LogP contribution is -2.61. The Bertz CT molecular complexity index is 507. The molecule has 0 saturated carbocycles. The quantitative estimate of drug-likeness (QED) is 0.787. The summed E-state index contributed by atoms with van der Waals surface area (Å²) in [5.74, 6) is 0.510. The van der Waals surface area contributed by atoms with Gasteiger partial charge in [0.25, 0.3) is 5.91 Å². The van der Waals surface area contributed by atoms with Crippen LogP contribution in [0.3, 0.4) is 0 Å². The molecule has 20 heavy (non-hydrogen) atoms. The van der Waals surface area contributed by atoms with E-state index >= 15 is 0 Å². The Morgan fingerprint density at radius 1 is 1.35 bits per heavy atom. The molecule has 1 aromatic heterocycles. The number of likely N-dealkylation sites (N-methyl/N-ethyl adjacent to an activating group) is 1. The van der Waals surface area contributed by atoms with E-state index in [1.165, 1.54) is 6.26 Å². The average Bonchev–Trinajstić information content (AvgIpc) is 2.98. The van der Waals surface area contributed by atoms with Crippen molar-refractivity contribution in [1.29, 1.82) is 0 Å². The second kappa shape index (κ2) is 4.96. The molecule has 0 bridgehead atoms. The van der Waals surface area contributed by atoms with E-state index < -0.39 is 0 Å². The van der Waals surface area contributed by atoms with Crippen molar-refractivity contribution < 1.29 is 14.0 Å². The number of rotatable bonds is 1. The third-order valence-corrected chi connectivity index (χ3v) is 4.69. The maximum Gasteiger partial charge on any atom is 0.289 e. The monoisotopic (exact) mass is 276 g/mol. The first-order chi connectivity index (χ1) is 9.62. The number of carbonyl (C=O) groups is 2. The van der Waals surface area contributed by atoms with Gasteiger partial charge in [0, 0.05) is 26.6 Å². The summed E-state index contributed by atoms with van der Waals surface area (Å²) in [5, 5.41) is 0. The van der Waals surface area contributed by atoms with Gasteiger partial charge in [0.05, 0.1) is 11.8 Å². The van der Waals surface area contributed by atoms with Crippen molar-refractivity contribution in [3.8, 4) is 0 Å². The highest BCUT2D eigenvalue weighted by Gasteiger charge is 2.44. The number of carbonyl (C=O) groups excluding carboxylic acids is 2. The van der Waals surface area contributed by atoms with E-state index in [2.05, 4.69) is 0 Å². The summed E-state index contributed by atoms with van der Waals surface area (Å²) < 4.78 is 5.20. The van der Waals surface area contributed by atoms with Gasteiger partial charge in [0.15, 0.2) is 5.76 Å². The van der Waals surface area contributed by atoms with Gasteiger partial charge >= 0.3 is 0 Å². The Morgan fingerprint density at radius 3 is 2.90 bits per heavy atom. The Kier molecular flexibility index (Phi) is 3.28. The van der Waals surface area contributed by atoms with Crippen LogP contribution in [-0.2, 0) is 4.79 Å². The molecule has 2 aliphatic heterocycles. The van der Waals surface area contributed by atoms with Crippen LogP contribution in [0.15, 0.2) is 22.8 Å². The first kappa shape index (κ1) is 13.2. The maximum absolute atomic E-state index is 12.4. The minimum atomic E-state index is -0.171. The number of piperidine rings is 2. The molecule has 1 aromatic rings. The fraction of sp³-hybridized carbons (Fsp3) is 0.600. The molecule has 2 fully saturated rings. The smallest absolute Gasteiger partial charge is 0.289 e. The molecule has 5 heteroatoms. The second-order valence-electron chi connectivity index (χ2n) is 5.84. The molecule has 2 amide bonds. The molecule has 2 aliphatic rings. The molecule has 5 nitrogen and oxygen atoms in total. The van der Waals surface area contributed by atoms with Crippen LogP contribution in [0.1, 0.15) is 42.7 Å². The van der Waals surface area contributed by atoms with Gasteiger partial charge in [-0.25, -0.2) is 0 Å². The van der Waals surface area contributed by atoms with Crippen molar-refractivity contribution in [2.24, 2.45) is 0 Å². The van der Waals surface area contributed by atoms with Crippen molar-refractivity contribution in [2.45, 2.75) is 37.6 Å². The van der Waals surface area contributed by atoms with Gasteiger partial charge in [-0.1, -0.05) is 0 Å². The zero-order valence-electron chi connectivity index (χ0n) is 11.8. The van der Waals surface area contributed by atoms with Crippen molar-refractivity contribution >= 4 is 11.8 Å². The third-order valence-electron chi connectivity index (χ3n) is 4.69. The average molecular weight is 276 g/mol. The summed E-state index contributed by atoms with van der Waals surface area (Å²) in [5.41, 5.74) is -0.171. The molecule has 3 heterocycles. The minimum Gasteiger partial charge on any atom is -0.459 e. The lowest BCUT2D eigenvalue weighted by atomic mass is 9.80. The van der Waals surface area contributed by atoms with Crippen LogP contribution in [0.5, 0.6) is 0 Å². The van der Waals surface area contributed by atoms with Crippen molar-refractivity contribution in [1.82, 2.24) is 9.80 Å². The second-order valence-corrected chi connectivity index (χ2v) is 5.84. The largest absolute Gasteiger partial charge is 0.459 e. The van der Waals surface area contributed by atoms with Crippen molar-refractivity contribution in [2.75, 3.05) is 20.1 Å². The summed E-state index contributed by atoms with van der Waals surface area (Å²) in [6, 6.07) is 3.42. The summed E-state index contributed by atoms with van der Waals surface area (Å²) in [7, 11) is 1.88. The SMILES string of the molecule is CN1C(=O)CCCC12CCCN(C(=O)c1ccco1)C2. The van der Waals surface area contributed by atoms with Gasteiger partial charge in [-0.2, -0.15) is 0 Å². The molecule has 108 valence electrons. The number of amides is 2.